The highest BCUT2D eigenvalue weighted by Crippen LogP contribution is 2.67. The molecule has 32 heavy (non-hydrogen) atoms. The lowest BCUT2D eigenvalue weighted by Crippen LogP contribution is -2.54. The van der Waals surface area contributed by atoms with Crippen molar-refractivity contribution in [2.75, 3.05) is 0 Å². The molecule has 1 aromatic heterocycles. The number of aromatic nitrogens is 1. The van der Waals surface area contributed by atoms with E-state index in [-0.39, 0.29) is 0 Å². The molecule has 8 atom stereocenters. The van der Waals surface area contributed by atoms with Crippen LogP contribution in [0.15, 0.2) is 12.1 Å². The van der Waals surface area contributed by atoms with E-state index in [1.165, 1.54) is 82.0 Å². The average molecular weight is 436 g/mol. The lowest BCUT2D eigenvalue weighted by Gasteiger charge is -2.60. The molecule has 1 aromatic rings. The molecule has 4 aliphatic rings. The zero-order chi connectivity index (χ0) is 22.7. The molecule has 0 aromatic carbocycles. The summed E-state index contributed by atoms with van der Waals surface area (Å²) in [7, 11) is 0. The van der Waals surface area contributed by atoms with Crippen molar-refractivity contribution < 1.29 is 0 Å². The van der Waals surface area contributed by atoms with Gasteiger partial charge in [-0.15, -0.1) is 0 Å². The molecule has 0 saturated heterocycles. The van der Waals surface area contributed by atoms with Crippen LogP contribution < -0.4 is 0 Å². The molecule has 1 nitrogen and oxygen atoms in total. The van der Waals surface area contributed by atoms with Crippen molar-refractivity contribution in [1.29, 1.82) is 0 Å². The minimum Gasteiger partial charge on any atom is -0.258 e. The van der Waals surface area contributed by atoms with Gasteiger partial charge in [0.25, 0.3) is 0 Å². The first-order chi connectivity index (χ1) is 15.2. The Balaban J connectivity index is 1.34. The Labute approximate surface area is 198 Å². The summed E-state index contributed by atoms with van der Waals surface area (Å²) in [5, 5.41) is 0. The van der Waals surface area contributed by atoms with Crippen LogP contribution in [0.1, 0.15) is 109 Å². The molecule has 3 saturated carbocycles. The maximum Gasteiger partial charge on any atom is 0.0441 e. The highest BCUT2D eigenvalue weighted by atomic mass is 14.7. The standard InChI is InChI=1S/C31H49N/c1-20(2)8-7-9-21(3)26-14-15-27-25-13-12-24-18-29-23(11-10-22(4)32-29)19-31(24,6)28(25)16-17-30(26,27)5/h10-11,20-21,24-28H,7-9,12-19H2,1-6H3. The van der Waals surface area contributed by atoms with Crippen molar-refractivity contribution in [1.82, 2.24) is 4.98 Å². The normalized spacial score (nSPS) is 41.5. The van der Waals surface area contributed by atoms with Crippen LogP contribution in [0.2, 0.25) is 0 Å². The van der Waals surface area contributed by atoms with E-state index in [0.29, 0.717) is 10.8 Å². The fraction of sp³-hybridized carbons (Fsp3) is 0.839. The minimum atomic E-state index is 0.509. The lowest BCUT2D eigenvalue weighted by atomic mass is 9.44. The van der Waals surface area contributed by atoms with Crippen molar-refractivity contribution in [3.63, 3.8) is 0 Å². The zero-order valence-electron chi connectivity index (χ0n) is 21.9. The smallest absolute Gasteiger partial charge is 0.0441 e. The van der Waals surface area contributed by atoms with Gasteiger partial charge in [-0.3, -0.25) is 4.98 Å². The maximum absolute atomic E-state index is 4.97. The molecule has 0 aliphatic heterocycles. The first kappa shape index (κ1) is 22.9. The third-order valence-electron chi connectivity index (χ3n) is 11.5. The Morgan fingerprint density at radius 2 is 1.72 bits per heavy atom. The number of rotatable bonds is 5. The van der Waals surface area contributed by atoms with Crippen LogP contribution in [-0.2, 0) is 12.8 Å². The molecule has 0 bridgehead atoms. The summed E-state index contributed by atoms with van der Waals surface area (Å²) in [6.45, 7) is 15.0. The van der Waals surface area contributed by atoms with Crippen LogP contribution in [0, 0.1) is 59.2 Å². The Morgan fingerprint density at radius 3 is 2.50 bits per heavy atom. The SMILES string of the molecule is Cc1ccc2c(n1)CC1CCC3C(CCC4(C)C(C(C)CCCC(C)C)CCC34)C1(C)C2. The first-order valence-corrected chi connectivity index (χ1v) is 14.2. The molecule has 8 unspecified atom stereocenters. The summed E-state index contributed by atoms with van der Waals surface area (Å²) in [6, 6.07) is 4.67. The Kier molecular flexibility index (Phi) is 6.03. The molecule has 0 N–H and O–H groups in total. The average Bonchev–Trinajstić information content (AvgIpc) is 3.09. The fourth-order valence-corrected chi connectivity index (χ4v) is 9.79. The number of hydrogen-bond donors (Lipinski definition) is 0. The van der Waals surface area contributed by atoms with Crippen molar-refractivity contribution >= 4 is 0 Å². The van der Waals surface area contributed by atoms with E-state index in [9.17, 15) is 0 Å². The topological polar surface area (TPSA) is 12.9 Å². The van der Waals surface area contributed by atoms with Crippen LogP contribution in [0.25, 0.3) is 0 Å². The summed E-state index contributed by atoms with van der Waals surface area (Å²) < 4.78 is 0. The van der Waals surface area contributed by atoms with Gasteiger partial charge < -0.3 is 0 Å². The zero-order valence-corrected chi connectivity index (χ0v) is 21.9. The predicted octanol–water partition coefficient (Wildman–Crippen LogP) is 8.43. The van der Waals surface area contributed by atoms with Gasteiger partial charge in [-0.25, -0.2) is 0 Å². The fourth-order valence-electron chi connectivity index (χ4n) is 9.79. The van der Waals surface area contributed by atoms with Crippen LogP contribution in [0.5, 0.6) is 0 Å². The van der Waals surface area contributed by atoms with Crippen molar-refractivity contribution in [3.8, 4) is 0 Å². The van der Waals surface area contributed by atoms with Crippen molar-refractivity contribution in [3.05, 3.63) is 29.1 Å². The minimum absolute atomic E-state index is 0.509. The van der Waals surface area contributed by atoms with Crippen LogP contribution in [0.4, 0.5) is 0 Å². The van der Waals surface area contributed by atoms with Gasteiger partial charge in [-0.05, 0) is 122 Å². The number of pyridine rings is 1. The maximum atomic E-state index is 4.97. The van der Waals surface area contributed by atoms with Gasteiger partial charge in [0.15, 0.2) is 0 Å². The molecule has 0 amide bonds. The summed E-state index contributed by atoms with van der Waals surface area (Å²) in [6.07, 6.45) is 15.8. The summed E-state index contributed by atoms with van der Waals surface area (Å²) in [5.74, 6) is 6.55. The summed E-state index contributed by atoms with van der Waals surface area (Å²) in [4.78, 5) is 4.97. The van der Waals surface area contributed by atoms with E-state index in [0.717, 1.165) is 41.4 Å². The molecular weight excluding hydrogens is 386 g/mol. The van der Waals surface area contributed by atoms with Gasteiger partial charge in [0.1, 0.15) is 0 Å². The quantitative estimate of drug-likeness (QED) is 0.452. The molecule has 0 spiro atoms. The summed E-state index contributed by atoms with van der Waals surface area (Å²) in [5.41, 5.74) is 5.34. The van der Waals surface area contributed by atoms with Gasteiger partial charge in [0.2, 0.25) is 0 Å². The summed E-state index contributed by atoms with van der Waals surface area (Å²) >= 11 is 0. The van der Waals surface area contributed by atoms with Crippen LogP contribution in [0.3, 0.4) is 0 Å². The van der Waals surface area contributed by atoms with E-state index in [4.69, 9.17) is 4.98 Å². The molecular formula is C31H49N. The number of fused-ring (bicyclic) bond motifs is 6. The van der Waals surface area contributed by atoms with E-state index < -0.39 is 0 Å². The molecule has 3 fully saturated rings. The monoisotopic (exact) mass is 435 g/mol. The number of aryl methyl sites for hydroxylation is 1. The van der Waals surface area contributed by atoms with Gasteiger partial charge in [0, 0.05) is 11.4 Å². The first-order valence-electron chi connectivity index (χ1n) is 14.2. The highest BCUT2D eigenvalue weighted by molar-refractivity contribution is 5.29. The van der Waals surface area contributed by atoms with Crippen molar-refractivity contribution in [2.45, 2.75) is 112 Å². The van der Waals surface area contributed by atoms with Gasteiger partial charge in [-0.1, -0.05) is 59.9 Å². The lowest BCUT2D eigenvalue weighted by molar-refractivity contribution is -0.103. The van der Waals surface area contributed by atoms with E-state index >= 15 is 0 Å². The third-order valence-corrected chi connectivity index (χ3v) is 11.5. The second-order valence-electron chi connectivity index (χ2n) is 13.6. The highest BCUT2D eigenvalue weighted by Gasteiger charge is 2.60. The Hall–Kier alpha value is -0.850. The van der Waals surface area contributed by atoms with Crippen LogP contribution in [-0.4, -0.2) is 4.98 Å². The van der Waals surface area contributed by atoms with E-state index in [1.54, 1.807) is 5.56 Å². The van der Waals surface area contributed by atoms with Crippen LogP contribution >= 0.6 is 0 Å². The predicted molar refractivity (Wildman–Crippen MR) is 136 cm³/mol. The number of nitrogens with zero attached hydrogens (tertiary/aromatic N) is 1. The Bertz CT molecular complexity index is 826. The van der Waals surface area contributed by atoms with Gasteiger partial charge in [0.05, 0.1) is 0 Å². The molecule has 1 heteroatoms. The molecule has 0 radical (unpaired) electrons. The van der Waals surface area contributed by atoms with Crippen molar-refractivity contribution in [2.24, 2.45) is 52.3 Å². The molecule has 1 heterocycles. The van der Waals surface area contributed by atoms with E-state index in [1.807, 2.05) is 0 Å². The van der Waals surface area contributed by atoms with Gasteiger partial charge >= 0.3 is 0 Å². The third kappa shape index (κ3) is 3.69. The largest absolute Gasteiger partial charge is 0.258 e. The second kappa shape index (κ2) is 8.42. The van der Waals surface area contributed by atoms with Gasteiger partial charge in [-0.2, -0.15) is 0 Å². The number of hydrogen-bond acceptors (Lipinski definition) is 1. The molecule has 5 rings (SSSR count). The Morgan fingerprint density at radius 1 is 0.938 bits per heavy atom. The molecule has 178 valence electrons. The second-order valence-corrected chi connectivity index (χ2v) is 13.6. The molecule has 4 aliphatic carbocycles. The van der Waals surface area contributed by atoms with E-state index in [2.05, 4.69) is 53.7 Å².